The zero-order valence-corrected chi connectivity index (χ0v) is 16.7. The molecular formula is C25H23N3O2. The second kappa shape index (κ2) is 9.09. The van der Waals surface area contributed by atoms with Crippen molar-refractivity contribution in [3.8, 4) is 5.75 Å². The monoisotopic (exact) mass is 397 g/mol. The summed E-state index contributed by atoms with van der Waals surface area (Å²) in [6.07, 6.45) is 3.97. The molecule has 0 aliphatic rings. The molecule has 150 valence electrons. The maximum Gasteiger partial charge on any atom is 0.244 e. The summed E-state index contributed by atoms with van der Waals surface area (Å²) >= 11 is 0. The van der Waals surface area contributed by atoms with Crippen molar-refractivity contribution in [1.82, 2.24) is 15.3 Å². The van der Waals surface area contributed by atoms with Gasteiger partial charge in [-0.1, -0.05) is 54.6 Å². The molecule has 0 aliphatic carbocycles. The smallest absolute Gasteiger partial charge is 0.244 e. The first kappa shape index (κ1) is 19.5. The fourth-order valence-electron chi connectivity index (χ4n) is 3.31. The lowest BCUT2D eigenvalue weighted by molar-refractivity contribution is -0.117. The molecular weight excluding hydrogens is 374 g/mol. The highest BCUT2D eigenvalue weighted by molar-refractivity contribution is 5.92. The Balaban J connectivity index is 1.53. The molecule has 0 fully saturated rings. The molecule has 1 atom stereocenters. The second-order valence-corrected chi connectivity index (χ2v) is 7.00. The number of rotatable bonds is 7. The van der Waals surface area contributed by atoms with E-state index in [-0.39, 0.29) is 11.9 Å². The van der Waals surface area contributed by atoms with Gasteiger partial charge in [-0.2, -0.15) is 0 Å². The first-order valence-corrected chi connectivity index (χ1v) is 9.82. The third-order valence-electron chi connectivity index (χ3n) is 4.88. The molecule has 2 N–H and O–H groups in total. The highest BCUT2D eigenvalue weighted by Gasteiger charge is 2.18. The topological polar surface area (TPSA) is 67.0 Å². The lowest BCUT2D eigenvalue weighted by Gasteiger charge is -2.16. The van der Waals surface area contributed by atoms with Crippen LogP contribution in [0, 0.1) is 0 Å². The van der Waals surface area contributed by atoms with Crippen LogP contribution < -0.4 is 10.1 Å². The average molecular weight is 397 g/mol. The average Bonchev–Trinajstić information content (AvgIpc) is 3.23. The predicted molar refractivity (Wildman–Crippen MR) is 119 cm³/mol. The number of carbonyl (C=O) groups excluding carboxylic acids is 1. The van der Waals surface area contributed by atoms with Gasteiger partial charge in [0.1, 0.15) is 11.6 Å². The highest BCUT2D eigenvalue weighted by Crippen LogP contribution is 2.20. The van der Waals surface area contributed by atoms with Gasteiger partial charge in [-0.3, -0.25) is 4.79 Å². The number of hydrogen-bond donors (Lipinski definition) is 2. The Bertz CT molecular complexity index is 1110. The third-order valence-corrected chi connectivity index (χ3v) is 4.88. The van der Waals surface area contributed by atoms with Crippen LogP contribution in [0.2, 0.25) is 0 Å². The lowest BCUT2D eigenvalue weighted by Crippen LogP contribution is -2.29. The van der Waals surface area contributed by atoms with Crippen molar-refractivity contribution in [2.45, 2.75) is 12.5 Å². The number of aromatic amines is 1. The molecule has 0 aliphatic heterocycles. The van der Waals surface area contributed by atoms with Crippen LogP contribution in [-0.2, 0) is 11.2 Å². The molecule has 0 radical (unpaired) electrons. The molecule has 0 spiro atoms. The third kappa shape index (κ3) is 4.75. The number of hydrogen-bond acceptors (Lipinski definition) is 3. The van der Waals surface area contributed by atoms with Crippen molar-refractivity contribution in [1.29, 1.82) is 0 Å². The van der Waals surface area contributed by atoms with Crippen LogP contribution in [0.4, 0.5) is 0 Å². The Morgan fingerprint density at radius 2 is 1.77 bits per heavy atom. The molecule has 0 saturated heterocycles. The van der Waals surface area contributed by atoms with Crippen LogP contribution in [0.25, 0.3) is 17.1 Å². The molecule has 5 nitrogen and oxygen atoms in total. The quantitative estimate of drug-likeness (QED) is 0.445. The van der Waals surface area contributed by atoms with Gasteiger partial charge < -0.3 is 15.0 Å². The molecule has 5 heteroatoms. The van der Waals surface area contributed by atoms with Gasteiger partial charge in [0.05, 0.1) is 24.2 Å². The van der Waals surface area contributed by atoms with Gasteiger partial charge in [0.25, 0.3) is 0 Å². The van der Waals surface area contributed by atoms with Crippen LogP contribution in [0.5, 0.6) is 5.75 Å². The summed E-state index contributed by atoms with van der Waals surface area (Å²) < 4.78 is 5.16. The normalized spacial score (nSPS) is 12.2. The minimum absolute atomic E-state index is 0.174. The van der Waals surface area contributed by atoms with E-state index in [0.717, 1.165) is 33.7 Å². The largest absolute Gasteiger partial charge is 0.497 e. The fraction of sp³-hybridized carbons (Fsp3) is 0.120. The Morgan fingerprint density at radius 1 is 1.03 bits per heavy atom. The Hall–Kier alpha value is -3.86. The first-order chi connectivity index (χ1) is 14.7. The Labute approximate surface area is 175 Å². The van der Waals surface area contributed by atoms with E-state index >= 15 is 0 Å². The summed E-state index contributed by atoms with van der Waals surface area (Å²) in [4.78, 5) is 20.7. The molecule has 0 saturated carbocycles. The van der Waals surface area contributed by atoms with Gasteiger partial charge in [0.2, 0.25) is 5.91 Å². The van der Waals surface area contributed by atoms with Crippen molar-refractivity contribution >= 4 is 23.0 Å². The Morgan fingerprint density at radius 3 is 2.50 bits per heavy atom. The molecule has 1 heterocycles. The number of nitrogens with one attached hydrogen (secondary N) is 2. The number of benzene rings is 3. The van der Waals surface area contributed by atoms with Gasteiger partial charge in [-0.05, 0) is 47.9 Å². The summed E-state index contributed by atoms with van der Waals surface area (Å²) in [5.41, 5.74) is 3.89. The molecule has 1 aromatic heterocycles. The first-order valence-electron chi connectivity index (χ1n) is 9.82. The minimum atomic E-state index is -0.271. The maximum absolute atomic E-state index is 12.7. The van der Waals surface area contributed by atoms with E-state index in [1.165, 1.54) is 0 Å². The van der Waals surface area contributed by atoms with E-state index in [9.17, 15) is 4.79 Å². The number of methoxy groups -OCH3 is 1. The number of H-pyrrole nitrogens is 1. The second-order valence-electron chi connectivity index (χ2n) is 7.00. The maximum atomic E-state index is 12.7. The van der Waals surface area contributed by atoms with E-state index in [0.29, 0.717) is 6.42 Å². The molecule has 3 aromatic carbocycles. The van der Waals surface area contributed by atoms with Crippen molar-refractivity contribution in [3.63, 3.8) is 0 Å². The van der Waals surface area contributed by atoms with Crippen LogP contribution in [0.15, 0.2) is 84.9 Å². The van der Waals surface area contributed by atoms with Crippen molar-refractivity contribution in [3.05, 3.63) is 102 Å². The molecule has 4 rings (SSSR count). The number of para-hydroxylation sites is 2. The lowest BCUT2D eigenvalue weighted by atomic mass is 10.1. The number of nitrogens with zero attached hydrogens (tertiary/aromatic N) is 1. The molecule has 1 amide bonds. The predicted octanol–water partition coefficient (Wildman–Crippen LogP) is 4.68. The highest BCUT2D eigenvalue weighted by atomic mass is 16.5. The minimum Gasteiger partial charge on any atom is -0.497 e. The van der Waals surface area contributed by atoms with Crippen LogP contribution in [0.1, 0.15) is 23.0 Å². The van der Waals surface area contributed by atoms with Crippen LogP contribution >= 0.6 is 0 Å². The Kier molecular flexibility index (Phi) is 5.90. The van der Waals surface area contributed by atoms with E-state index in [2.05, 4.69) is 22.4 Å². The SMILES string of the molecule is COc1ccc(C=CC(=O)NC(Cc2ccccc2)c2nc3ccccc3[nH]2)cc1. The summed E-state index contributed by atoms with van der Waals surface area (Å²) in [6.45, 7) is 0. The van der Waals surface area contributed by atoms with E-state index in [1.54, 1.807) is 19.3 Å². The van der Waals surface area contributed by atoms with Crippen molar-refractivity contribution in [2.24, 2.45) is 0 Å². The summed E-state index contributed by atoms with van der Waals surface area (Å²) in [5, 5.41) is 3.09. The van der Waals surface area contributed by atoms with E-state index < -0.39 is 0 Å². The number of imidazole rings is 1. The number of aromatic nitrogens is 2. The summed E-state index contributed by atoms with van der Waals surface area (Å²) in [7, 11) is 1.63. The van der Waals surface area contributed by atoms with Crippen molar-refractivity contribution in [2.75, 3.05) is 7.11 Å². The van der Waals surface area contributed by atoms with Gasteiger partial charge in [0.15, 0.2) is 0 Å². The number of amides is 1. The molecule has 0 bridgehead atoms. The number of carbonyl (C=O) groups is 1. The zero-order valence-electron chi connectivity index (χ0n) is 16.7. The fourth-order valence-corrected chi connectivity index (χ4v) is 3.31. The molecule has 1 unspecified atom stereocenters. The van der Waals surface area contributed by atoms with Crippen molar-refractivity contribution < 1.29 is 9.53 Å². The summed E-state index contributed by atoms with van der Waals surface area (Å²) in [5.74, 6) is 1.35. The van der Waals surface area contributed by atoms with Gasteiger partial charge >= 0.3 is 0 Å². The molecule has 4 aromatic rings. The zero-order chi connectivity index (χ0) is 20.8. The van der Waals surface area contributed by atoms with Gasteiger partial charge in [-0.15, -0.1) is 0 Å². The number of ether oxygens (including phenoxy) is 1. The van der Waals surface area contributed by atoms with E-state index in [1.807, 2.05) is 66.7 Å². The standard InChI is InChI=1S/C25H23N3O2/c1-30-20-14-11-18(12-15-20)13-16-24(29)26-23(17-19-7-3-2-4-8-19)25-27-21-9-5-6-10-22(21)28-25/h2-16,23H,17H2,1H3,(H,26,29)(H,27,28). The summed E-state index contributed by atoms with van der Waals surface area (Å²) in [6, 6.07) is 25.2. The number of fused-ring (bicyclic) bond motifs is 1. The van der Waals surface area contributed by atoms with Crippen LogP contribution in [-0.4, -0.2) is 23.0 Å². The van der Waals surface area contributed by atoms with Gasteiger partial charge in [-0.25, -0.2) is 4.98 Å². The van der Waals surface area contributed by atoms with Gasteiger partial charge in [0, 0.05) is 6.08 Å². The molecule has 30 heavy (non-hydrogen) atoms. The van der Waals surface area contributed by atoms with E-state index in [4.69, 9.17) is 9.72 Å². The van der Waals surface area contributed by atoms with Crippen LogP contribution in [0.3, 0.4) is 0 Å².